The van der Waals surface area contributed by atoms with E-state index < -0.39 is 0 Å². The van der Waals surface area contributed by atoms with Gasteiger partial charge >= 0.3 is 0 Å². The third-order valence-corrected chi connectivity index (χ3v) is 4.19. The number of likely N-dealkylation sites (N-methyl/N-ethyl adjacent to an activating group) is 1. The van der Waals surface area contributed by atoms with Gasteiger partial charge in [0, 0.05) is 6.04 Å². The first-order valence-electron chi connectivity index (χ1n) is 9.43. The third-order valence-electron chi connectivity index (χ3n) is 4.19. The standard InChI is InChI=1S/C20H31N3O4/c1-13(2)20(15-6-7-16-17(10-15)27-9-8-26-16)22-19(25)12-23(5)11-18(24)21-14(3)4/h6-7,10,13-14,20H,8-9,11-12H2,1-5H3,(H,21,24)(H,22,25). The normalized spacial score (nSPS) is 14.4. The lowest BCUT2D eigenvalue weighted by atomic mass is 9.95. The van der Waals surface area contributed by atoms with E-state index >= 15 is 0 Å². The van der Waals surface area contributed by atoms with Crippen LogP contribution in [0.2, 0.25) is 0 Å². The Kier molecular flexibility index (Phi) is 7.47. The zero-order valence-corrected chi connectivity index (χ0v) is 16.9. The first kappa shape index (κ1) is 21.0. The maximum absolute atomic E-state index is 12.5. The highest BCUT2D eigenvalue weighted by Gasteiger charge is 2.22. The van der Waals surface area contributed by atoms with Crippen molar-refractivity contribution in [3.63, 3.8) is 0 Å². The van der Waals surface area contributed by atoms with E-state index in [9.17, 15) is 9.59 Å². The summed E-state index contributed by atoms with van der Waals surface area (Å²) in [7, 11) is 1.76. The van der Waals surface area contributed by atoms with E-state index in [1.807, 2.05) is 32.0 Å². The van der Waals surface area contributed by atoms with Crippen molar-refractivity contribution in [3.8, 4) is 11.5 Å². The van der Waals surface area contributed by atoms with E-state index in [4.69, 9.17) is 9.47 Å². The molecule has 0 bridgehead atoms. The van der Waals surface area contributed by atoms with Gasteiger partial charge in [-0.25, -0.2) is 0 Å². The molecule has 150 valence electrons. The fraction of sp³-hybridized carbons (Fsp3) is 0.600. The van der Waals surface area contributed by atoms with Gasteiger partial charge in [-0.3, -0.25) is 14.5 Å². The predicted molar refractivity (Wildman–Crippen MR) is 104 cm³/mol. The Morgan fingerprint density at radius 1 is 1.00 bits per heavy atom. The van der Waals surface area contributed by atoms with Crippen molar-refractivity contribution in [1.29, 1.82) is 0 Å². The Labute approximate surface area is 161 Å². The quantitative estimate of drug-likeness (QED) is 0.721. The Morgan fingerprint density at radius 2 is 1.59 bits per heavy atom. The number of amides is 2. The fourth-order valence-corrected chi connectivity index (χ4v) is 3.02. The summed E-state index contributed by atoms with van der Waals surface area (Å²) in [5, 5.41) is 5.90. The van der Waals surface area contributed by atoms with Crippen LogP contribution < -0.4 is 20.1 Å². The summed E-state index contributed by atoms with van der Waals surface area (Å²) in [6, 6.07) is 5.71. The van der Waals surface area contributed by atoms with Crippen LogP contribution in [-0.2, 0) is 9.59 Å². The lowest BCUT2D eigenvalue weighted by molar-refractivity contribution is -0.125. The van der Waals surface area contributed by atoms with E-state index in [1.165, 1.54) is 0 Å². The number of hydrogen-bond donors (Lipinski definition) is 2. The molecule has 1 aliphatic rings. The minimum atomic E-state index is -0.147. The SMILES string of the molecule is CC(C)NC(=O)CN(C)CC(=O)NC(c1ccc2c(c1)OCCO2)C(C)C. The zero-order valence-electron chi connectivity index (χ0n) is 16.9. The molecule has 27 heavy (non-hydrogen) atoms. The average Bonchev–Trinajstić information content (AvgIpc) is 2.58. The van der Waals surface area contributed by atoms with Crippen LogP contribution in [0.4, 0.5) is 0 Å². The molecule has 1 unspecified atom stereocenters. The van der Waals surface area contributed by atoms with Crippen molar-refractivity contribution in [3.05, 3.63) is 23.8 Å². The van der Waals surface area contributed by atoms with Gasteiger partial charge in [0.25, 0.3) is 0 Å². The van der Waals surface area contributed by atoms with E-state index in [0.717, 1.165) is 11.3 Å². The Balaban J connectivity index is 1.97. The van der Waals surface area contributed by atoms with Crippen molar-refractivity contribution >= 4 is 11.8 Å². The average molecular weight is 377 g/mol. The third kappa shape index (κ3) is 6.43. The Bertz CT molecular complexity index is 661. The molecular formula is C20H31N3O4. The molecule has 0 saturated carbocycles. The summed E-state index contributed by atoms with van der Waals surface area (Å²) < 4.78 is 11.2. The van der Waals surface area contributed by atoms with Crippen molar-refractivity contribution in [1.82, 2.24) is 15.5 Å². The minimum Gasteiger partial charge on any atom is -0.486 e. The summed E-state index contributed by atoms with van der Waals surface area (Å²) in [5.41, 5.74) is 0.975. The van der Waals surface area contributed by atoms with Gasteiger partial charge in [0.2, 0.25) is 11.8 Å². The Morgan fingerprint density at radius 3 is 2.19 bits per heavy atom. The molecule has 0 aliphatic carbocycles. The molecular weight excluding hydrogens is 346 g/mol. The van der Waals surface area contributed by atoms with Gasteiger partial charge < -0.3 is 20.1 Å². The first-order valence-corrected chi connectivity index (χ1v) is 9.43. The van der Waals surface area contributed by atoms with Crippen LogP contribution in [0.5, 0.6) is 11.5 Å². The summed E-state index contributed by atoms with van der Waals surface area (Å²) >= 11 is 0. The molecule has 1 aromatic carbocycles. The van der Waals surface area contributed by atoms with E-state index in [2.05, 4.69) is 24.5 Å². The first-order chi connectivity index (χ1) is 12.8. The molecule has 2 N–H and O–H groups in total. The summed E-state index contributed by atoms with van der Waals surface area (Å²) in [4.78, 5) is 26.0. The lowest BCUT2D eigenvalue weighted by Gasteiger charge is -2.26. The highest BCUT2D eigenvalue weighted by molar-refractivity contribution is 5.81. The van der Waals surface area contributed by atoms with Crippen LogP contribution in [0.25, 0.3) is 0 Å². The topological polar surface area (TPSA) is 79.9 Å². The summed E-state index contributed by atoms with van der Waals surface area (Å²) in [5.74, 6) is 1.43. The molecule has 2 amide bonds. The second-order valence-corrected chi connectivity index (χ2v) is 7.59. The number of carbonyl (C=O) groups is 2. The molecule has 7 nitrogen and oxygen atoms in total. The molecule has 0 fully saturated rings. The number of fused-ring (bicyclic) bond motifs is 1. The monoisotopic (exact) mass is 377 g/mol. The summed E-state index contributed by atoms with van der Waals surface area (Å²) in [6.07, 6.45) is 0. The number of rotatable bonds is 8. The Hall–Kier alpha value is -2.28. The highest BCUT2D eigenvalue weighted by Crippen LogP contribution is 2.34. The molecule has 0 spiro atoms. The number of nitrogens with one attached hydrogen (secondary N) is 2. The lowest BCUT2D eigenvalue weighted by Crippen LogP contribution is -2.43. The molecule has 0 radical (unpaired) electrons. The minimum absolute atomic E-state index is 0.0836. The van der Waals surface area contributed by atoms with Crippen LogP contribution in [0.3, 0.4) is 0 Å². The van der Waals surface area contributed by atoms with Gasteiger partial charge in [-0.1, -0.05) is 19.9 Å². The van der Waals surface area contributed by atoms with Gasteiger partial charge in [-0.2, -0.15) is 0 Å². The van der Waals surface area contributed by atoms with Crippen LogP contribution in [0.1, 0.15) is 39.3 Å². The maximum atomic E-state index is 12.5. The molecule has 0 saturated heterocycles. The van der Waals surface area contributed by atoms with Gasteiger partial charge in [0.1, 0.15) is 13.2 Å². The van der Waals surface area contributed by atoms with E-state index in [0.29, 0.717) is 19.0 Å². The van der Waals surface area contributed by atoms with Crippen LogP contribution in [0.15, 0.2) is 18.2 Å². The zero-order chi connectivity index (χ0) is 20.0. The number of ether oxygens (including phenoxy) is 2. The van der Waals surface area contributed by atoms with Gasteiger partial charge in [-0.05, 0) is 44.5 Å². The smallest absolute Gasteiger partial charge is 0.234 e. The van der Waals surface area contributed by atoms with Gasteiger partial charge in [-0.15, -0.1) is 0 Å². The molecule has 7 heteroatoms. The van der Waals surface area contributed by atoms with Crippen molar-refractivity contribution in [2.75, 3.05) is 33.4 Å². The second-order valence-electron chi connectivity index (χ2n) is 7.59. The van der Waals surface area contributed by atoms with Crippen molar-refractivity contribution in [2.24, 2.45) is 5.92 Å². The van der Waals surface area contributed by atoms with Crippen LogP contribution >= 0.6 is 0 Å². The number of hydrogen-bond acceptors (Lipinski definition) is 5. The van der Waals surface area contributed by atoms with E-state index in [1.54, 1.807) is 11.9 Å². The van der Waals surface area contributed by atoms with Crippen molar-refractivity contribution < 1.29 is 19.1 Å². The molecule has 1 heterocycles. The molecule has 0 aromatic heterocycles. The maximum Gasteiger partial charge on any atom is 0.234 e. The largest absolute Gasteiger partial charge is 0.486 e. The number of nitrogens with zero attached hydrogens (tertiary/aromatic N) is 1. The second kappa shape index (κ2) is 9.60. The van der Waals surface area contributed by atoms with E-state index in [-0.39, 0.29) is 42.9 Å². The van der Waals surface area contributed by atoms with Crippen LogP contribution in [-0.4, -0.2) is 56.1 Å². The summed E-state index contributed by atoms with van der Waals surface area (Å²) in [6.45, 7) is 9.34. The molecule has 2 rings (SSSR count). The number of benzene rings is 1. The molecule has 1 atom stereocenters. The number of carbonyl (C=O) groups excluding carboxylic acids is 2. The molecule has 1 aromatic rings. The predicted octanol–water partition coefficient (Wildman–Crippen LogP) is 1.73. The fourth-order valence-electron chi connectivity index (χ4n) is 3.02. The van der Waals surface area contributed by atoms with Gasteiger partial charge in [0.15, 0.2) is 11.5 Å². The molecule has 1 aliphatic heterocycles. The van der Waals surface area contributed by atoms with Gasteiger partial charge in [0.05, 0.1) is 19.1 Å². The van der Waals surface area contributed by atoms with Crippen LogP contribution in [0, 0.1) is 5.92 Å². The highest BCUT2D eigenvalue weighted by atomic mass is 16.6. The van der Waals surface area contributed by atoms with Crippen molar-refractivity contribution in [2.45, 2.75) is 39.8 Å².